The van der Waals surface area contributed by atoms with Gasteiger partial charge in [-0.25, -0.2) is 14.8 Å². The third-order valence-corrected chi connectivity index (χ3v) is 5.01. The van der Waals surface area contributed by atoms with Crippen LogP contribution in [0.4, 0.5) is 5.82 Å². The molecule has 2 aromatic rings. The van der Waals surface area contributed by atoms with E-state index in [0.717, 1.165) is 54.2 Å². The van der Waals surface area contributed by atoms with Crippen molar-refractivity contribution < 1.29 is 14.6 Å². The third kappa shape index (κ3) is 2.84. The maximum absolute atomic E-state index is 11.2. The van der Waals surface area contributed by atoms with E-state index < -0.39 is 5.97 Å². The molecule has 0 atom stereocenters. The molecular formula is C14H17N3O3S. The van der Waals surface area contributed by atoms with Crippen molar-refractivity contribution in [2.75, 3.05) is 25.1 Å². The molecule has 0 bridgehead atoms. The van der Waals surface area contributed by atoms with Crippen LogP contribution >= 0.6 is 11.3 Å². The number of hydrogen-bond acceptors (Lipinski definition) is 6. The van der Waals surface area contributed by atoms with E-state index in [4.69, 9.17) is 4.74 Å². The van der Waals surface area contributed by atoms with Crippen molar-refractivity contribution in [1.82, 2.24) is 9.97 Å². The van der Waals surface area contributed by atoms with Gasteiger partial charge in [-0.1, -0.05) is 0 Å². The molecule has 1 aliphatic heterocycles. The average Bonchev–Trinajstić information content (AvgIpc) is 2.84. The quantitative estimate of drug-likeness (QED) is 0.903. The summed E-state index contributed by atoms with van der Waals surface area (Å²) >= 11 is 1.20. The first-order chi connectivity index (χ1) is 10.2. The Hall–Kier alpha value is -1.73. The molecule has 1 aliphatic rings. The van der Waals surface area contributed by atoms with Gasteiger partial charge in [0.2, 0.25) is 0 Å². The van der Waals surface area contributed by atoms with Gasteiger partial charge in [0.15, 0.2) is 0 Å². The number of aromatic nitrogens is 2. The van der Waals surface area contributed by atoms with Gasteiger partial charge in [-0.15, -0.1) is 11.3 Å². The van der Waals surface area contributed by atoms with Crippen molar-refractivity contribution >= 4 is 33.3 Å². The summed E-state index contributed by atoms with van der Waals surface area (Å²) < 4.78 is 5.35. The van der Waals surface area contributed by atoms with Gasteiger partial charge in [-0.2, -0.15) is 0 Å². The van der Waals surface area contributed by atoms with E-state index in [1.807, 2.05) is 6.92 Å². The zero-order valence-corrected chi connectivity index (χ0v) is 12.6. The summed E-state index contributed by atoms with van der Waals surface area (Å²) in [4.78, 5) is 20.8. The molecule has 2 aromatic heterocycles. The summed E-state index contributed by atoms with van der Waals surface area (Å²) in [6, 6.07) is 0. The SMILES string of the molecule is Cc1c(C(=O)O)sc2ncnc(NCC3CCOCC3)c12. The van der Waals surface area contributed by atoms with Crippen LogP contribution in [0.15, 0.2) is 6.33 Å². The van der Waals surface area contributed by atoms with E-state index in [1.54, 1.807) is 0 Å². The molecule has 112 valence electrons. The van der Waals surface area contributed by atoms with Crippen LogP contribution in [0.1, 0.15) is 28.1 Å². The molecule has 3 rings (SSSR count). The van der Waals surface area contributed by atoms with E-state index >= 15 is 0 Å². The second-order valence-electron chi connectivity index (χ2n) is 5.20. The van der Waals surface area contributed by atoms with Gasteiger partial charge >= 0.3 is 5.97 Å². The monoisotopic (exact) mass is 307 g/mol. The molecule has 0 amide bonds. The van der Waals surface area contributed by atoms with Crippen LogP contribution in [0.25, 0.3) is 10.2 Å². The number of nitrogens with one attached hydrogen (secondary N) is 1. The molecule has 1 fully saturated rings. The molecular weight excluding hydrogens is 290 g/mol. The first-order valence-electron chi connectivity index (χ1n) is 6.96. The van der Waals surface area contributed by atoms with Crippen LogP contribution in [0.3, 0.4) is 0 Å². The number of carbonyl (C=O) groups is 1. The summed E-state index contributed by atoms with van der Waals surface area (Å²) in [5, 5.41) is 13.4. The Morgan fingerprint density at radius 1 is 1.48 bits per heavy atom. The van der Waals surface area contributed by atoms with Crippen molar-refractivity contribution in [3.8, 4) is 0 Å². The summed E-state index contributed by atoms with van der Waals surface area (Å²) in [6.45, 7) is 4.26. The Kier molecular flexibility index (Phi) is 4.03. The number of thiophene rings is 1. The fourth-order valence-corrected chi connectivity index (χ4v) is 3.59. The van der Waals surface area contributed by atoms with Crippen molar-refractivity contribution in [2.45, 2.75) is 19.8 Å². The van der Waals surface area contributed by atoms with Crippen molar-refractivity contribution in [2.24, 2.45) is 5.92 Å². The number of aromatic carboxylic acids is 1. The highest BCUT2D eigenvalue weighted by Gasteiger charge is 2.19. The molecule has 0 unspecified atom stereocenters. The Morgan fingerprint density at radius 2 is 2.24 bits per heavy atom. The van der Waals surface area contributed by atoms with Crippen molar-refractivity contribution in [3.05, 3.63) is 16.8 Å². The maximum Gasteiger partial charge on any atom is 0.346 e. The predicted molar refractivity (Wildman–Crippen MR) is 81.1 cm³/mol. The molecule has 0 aliphatic carbocycles. The van der Waals surface area contributed by atoms with Crippen LogP contribution in [-0.2, 0) is 4.74 Å². The highest BCUT2D eigenvalue weighted by Crippen LogP contribution is 2.33. The second-order valence-corrected chi connectivity index (χ2v) is 6.20. The standard InChI is InChI=1S/C14H17N3O3S/c1-8-10-12(15-6-9-2-4-20-5-3-9)16-7-17-13(10)21-11(8)14(18)19/h7,9H,2-6H2,1H3,(H,18,19)(H,15,16,17). The van der Waals surface area contributed by atoms with Gasteiger partial charge in [0, 0.05) is 19.8 Å². The van der Waals surface area contributed by atoms with Crippen LogP contribution in [0, 0.1) is 12.8 Å². The highest BCUT2D eigenvalue weighted by molar-refractivity contribution is 7.20. The number of aryl methyl sites for hydroxylation is 1. The number of ether oxygens (including phenoxy) is 1. The zero-order valence-electron chi connectivity index (χ0n) is 11.8. The minimum Gasteiger partial charge on any atom is -0.477 e. The smallest absolute Gasteiger partial charge is 0.346 e. The lowest BCUT2D eigenvalue weighted by atomic mass is 10.0. The predicted octanol–water partition coefficient (Wildman–Crippen LogP) is 2.54. The molecule has 7 heteroatoms. The normalized spacial score (nSPS) is 16.2. The van der Waals surface area contributed by atoms with E-state index in [0.29, 0.717) is 10.8 Å². The lowest BCUT2D eigenvalue weighted by Gasteiger charge is -2.22. The van der Waals surface area contributed by atoms with Gasteiger partial charge in [0.05, 0.1) is 5.39 Å². The van der Waals surface area contributed by atoms with Gasteiger partial charge < -0.3 is 15.2 Å². The molecule has 0 spiro atoms. The number of anilines is 1. The number of nitrogens with zero attached hydrogens (tertiary/aromatic N) is 2. The maximum atomic E-state index is 11.2. The number of fused-ring (bicyclic) bond motifs is 1. The third-order valence-electron chi connectivity index (χ3n) is 3.82. The first kappa shape index (κ1) is 14.2. The molecule has 1 saturated heterocycles. The Labute approximate surface area is 126 Å². The largest absolute Gasteiger partial charge is 0.477 e. The topological polar surface area (TPSA) is 84.3 Å². The van der Waals surface area contributed by atoms with E-state index in [1.165, 1.54) is 17.7 Å². The van der Waals surface area contributed by atoms with Gasteiger partial charge in [0.1, 0.15) is 21.9 Å². The molecule has 2 N–H and O–H groups in total. The fraction of sp³-hybridized carbons (Fsp3) is 0.500. The summed E-state index contributed by atoms with van der Waals surface area (Å²) in [5.41, 5.74) is 0.734. The van der Waals surface area contributed by atoms with Crippen LogP contribution < -0.4 is 5.32 Å². The van der Waals surface area contributed by atoms with Gasteiger partial charge in [0.25, 0.3) is 0 Å². The molecule has 0 aromatic carbocycles. The zero-order chi connectivity index (χ0) is 14.8. The first-order valence-corrected chi connectivity index (χ1v) is 7.77. The highest BCUT2D eigenvalue weighted by atomic mass is 32.1. The van der Waals surface area contributed by atoms with E-state index in [9.17, 15) is 9.90 Å². The fourth-order valence-electron chi connectivity index (χ4n) is 2.60. The lowest BCUT2D eigenvalue weighted by Crippen LogP contribution is -2.23. The molecule has 21 heavy (non-hydrogen) atoms. The molecule has 3 heterocycles. The van der Waals surface area contributed by atoms with Crippen LogP contribution in [0.2, 0.25) is 0 Å². The lowest BCUT2D eigenvalue weighted by molar-refractivity contribution is 0.0696. The molecule has 0 saturated carbocycles. The Morgan fingerprint density at radius 3 is 2.95 bits per heavy atom. The number of rotatable bonds is 4. The Bertz CT molecular complexity index is 665. The number of carboxylic acid groups (broad SMARTS) is 1. The molecule has 6 nitrogen and oxygen atoms in total. The van der Waals surface area contributed by atoms with Crippen LogP contribution in [-0.4, -0.2) is 40.8 Å². The van der Waals surface area contributed by atoms with Crippen molar-refractivity contribution in [3.63, 3.8) is 0 Å². The molecule has 0 radical (unpaired) electrons. The van der Waals surface area contributed by atoms with Crippen molar-refractivity contribution in [1.29, 1.82) is 0 Å². The van der Waals surface area contributed by atoms with E-state index in [-0.39, 0.29) is 0 Å². The minimum absolute atomic E-state index is 0.333. The van der Waals surface area contributed by atoms with Gasteiger partial charge in [-0.05, 0) is 31.2 Å². The number of hydrogen-bond donors (Lipinski definition) is 2. The summed E-state index contributed by atoms with van der Waals surface area (Å²) in [7, 11) is 0. The Balaban J connectivity index is 1.86. The minimum atomic E-state index is -0.911. The average molecular weight is 307 g/mol. The second kappa shape index (κ2) is 5.95. The van der Waals surface area contributed by atoms with E-state index in [2.05, 4.69) is 15.3 Å². The van der Waals surface area contributed by atoms with Gasteiger partial charge in [-0.3, -0.25) is 0 Å². The summed E-state index contributed by atoms with van der Waals surface area (Å²) in [6.07, 6.45) is 3.57. The van der Waals surface area contributed by atoms with Crippen LogP contribution in [0.5, 0.6) is 0 Å². The summed E-state index contributed by atoms with van der Waals surface area (Å²) in [5.74, 6) is 0.389. The number of carboxylic acids is 1.